The fraction of sp³-hybridized carbons (Fsp3) is 0.143. The second kappa shape index (κ2) is 4.27. The summed E-state index contributed by atoms with van der Waals surface area (Å²) in [5.74, 6) is -0.171. The Hall–Kier alpha value is -1.96. The van der Waals surface area contributed by atoms with Crippen LogP contribution in [-0.4, -0.2) is 10.2 Å². The molecule has 2 rings (SSSR count). The third kappa shape index (κ3) is 2.01. The molecule has 2 heteroatoms. The van der Waals surface area contributed by atoms with Crippen molar-refractivity contribution in [2.45, 2.75) is 13.3 Å². The molecule has 0 unspecified atom stereocenters. The Bertz CT molecular complexity index is 504. The number of hydrogen-bond donors (Lipinski definition) is 2. The minimum absolute atomic E-state index is 0.0839. The summed E-state index contributed by atoms with van der Waals surface area (Å²) in [5, 5.41) is 18.7. The van der Waals surface area contributed by atoms with Gasteiger partial charge in [-0.2, -0.15) is 0 Å². The Morgan fingerprint density at radius 3 is 2.31 bits per heavy atom. The van der Waals surface area contributed by atoms with Crippen LogP contribution < -0.4 is 0 Å². The van der Waals surface area contributed by atoms with Crippen LogP contribution in [-0.2, 0) is 6.42 Å². The number of benzene rings is 2. The second-order valence-corrected chi connectivity index (χ2v) is 3.76. The molecule has 2 nitrogen and oxygen atoms in total. The molecule has 0 aliphatic carbocycles. The van der Waals surface area contributed by atoms with E-state index in [0.717, 1.165) is 17.5 Å². The van der Waals surface area contributed by atoms with Gasteiger partial charge in [0, 0.05) is 0 Å². The van der Waals surface area contributed by atoms with Crippen molar-refractivity contribution in [3.63, 3.8) is 0 Å². The van der Waals surface area contributed by atoms with Gasteiger partial charge in [-0.15, -0.1) is 0 Å². The molecule has 0 aliphatic rings. The maximum absolute atomic E-state index is 9.44. The van der Waals surface area contributed by atoms with Crippen molar-refractivity contribution in [1.29, 1.82) is 0 Å². The van der Waals surface area contributed by atoms with E-state index in [1.807, 2.05) is 12.1 Å². The molecule has 0 radical (unpaired) electrons. The van der Waals surface area contributed by atoms with E-state index >= 15 is 0 Å². The molecule has 0 fully saturated rings. The van der Waals surface area contributed by atoms with Crippen LogP contribution in [0.4, 0.5) is 0 Å². The highest BCUT2D eigenvalue weighted by atomic mass is 16.3. The van der Waals surface area contributed by atoms with Crippen molar-refractivity contribution in [2.75, 3.05) is 0 Å². The zero-order valence-corrected chi connectivity index (χ0v) is 9.14. The van der Waals surface area contributed by atoms with Gasteiger partial charge in [-0.25, -0.2) is 0 Å². The van der Waals surface area contributed by atoms with Gasteiger partial charge < -0.3 is 10.2 Å². The summed E-state index contributed by atoms with van der Waals surface area (Å²) in [6, 6.07) is 13.0. The molecule has 2 aromatic rings. The summed E-state index contributed by atoms with van der Waals surface area (Å²) in [7, 11) is 0. The number of hydrogen-bond acceptors (Lipinski definition) is 2. The van der Waals surface area contributed by atoms with Crippen LogP contribution in [0.5, 0.6) is 11.5 Å². The van der Waals surface area contributed by atoms with Crippen molar-refractivity contribution in [3.05, 3.63) is 48.0 Å². The first-order valence-corrected chi connectivity index (χ1v) is 5.32. The first kappa shape index (κ1) is 10.6. The van der Waals surface area contributed by atoms with Gasteiger partial charge in [-0.3, -0.25) is 0 Å². The number of phenols is 2. The topological polar surface area (TPSA) is 40.5 Å². The lowest BCUT2D eigenvalue weighted by Gasteiger charge is -2.05. The Kier molecular flexibility index (Phi) is 2.82. The van der Waals surface area contributed by atoms with Gasteiger partial charge in [-0.1, -0.05) is 37.3 Å². The molecular weight excluding hydrogens is 200 g/mol. The lowest BCUT2D eigenvalue weighted by atomic mass is 10.0. The van der Waals surface area contributed by atoms with E-state index in [2.05, 4.69) is 19.1 Å². The van der Waals surface area contributed by atoms with Crippen molar-refractivity contribution in [1.82, 2.24) is 0 Å². The third-order valence-corrected chi connectivity index (χ3v) is 2.64. The SMILES string of the molecule is CCc1cccc(-c2ccc(O)c(O)c2)c1. The molecular formula is C14H14O2. The van der Waals surface area contributed by atoms with E-state index in [1.165, 1.54) is 11.6 Å². The van der Waals surface area contributed by atoms with Crippen molar-refractivity contribution < 1.29 is 10.2 Å². The Labute approximate surface area is 94.8 Å². The fourth-order valence-electron chi connectivity index (χ4n) is 1.67. The molecule has 0 atom stereocenters. The van der Waals surface area contributed by atoms with Crippen molar-refractivity contribution >= 4 is 0 Å². The molecule has 0 aromatic heterocycles. The smallest absolute Gasteiger partial charge is 0.158 e. The molecule has 0 amide bonds. The fourth-order valence-corrected chi connectivity index (χ4v) is 1.67. The Balaban J connectivity index is 2.46. The number of aromatic hydroxyl groups is 2. The van der Waals surface area contributed by atoms with Crippen molar-refractivity contribution in [2.24, 2.45) is 0 Å². The van der Waals surface area contributed by atoms with Gasteiger partial charge >= 0.3 is 0 Å². The Morgan fingerprint density at radius 1 is 0.875 bits per heavy atom. The van der Waals surface area contributed by atoms with Crippen LogP contribution in [0.15, 0.2) is 42.5 Å². The Morgan fingerprint density at radius 2 is 1.62 bits per heavy atom. The van der Waals surface area contributed by atoms with Crippen LogP contribution in [0.2, 0.25) is 0 Å². The predicted octanol–water partition coefficient (Wildman–Crippen LogP) is 3.33. The average Bonchev–Trinajstić information content (AvgIpc) is 2.33. The monoisotopic (exact) mass is 214 g/mol. The van der Waals surface area contributed by atoms with Gasteiger partial charge in [0.2, 0.25) is 0 Å². The van der Waals surface area contributed by atoms with Crippen LogP contribution in [0, 0.1) is 0 Å². The number of phenolic OH excluding ortho intramolecular Hbond substituents is 2. The zero-order chi connectivity index (χ0) is 11.5. The van der Waals surface area contributed by atoms with E-state index < -0.39 is 0 Å². The quantitative estimate of drug-likeness (QED) is 0.753. The molecule has 16 heavy (non-hydrogen) atoms. The standard InChI is InChI=1S/C14H14O2/c1-2-10-4-3-5-11(8-10)12-6-7-13(15)14(16)9-12/h3-9,15-16H,2H2,1H3. The van der Waals surface area contributed by atoms with Crippen LogP contribution in [0.3, 0.4) is 0 Å². The maximum Gasteiger partial charge on any atom is 0.158 e. The van der Waals surface area contributed by atoms with Crippen molar-refractivity contribution in [3.8, 4) is 22.6 Å². The first-order chi connectivity index (χ1) is 7.70. The summed E-state index contributed by atoms with van der Waals surface area (Å²) in [6.07, 6.45) is 0.984. The van der Waals surface area contributed by atoms with Crippen LogP contribution in [0.1, 0.15) is 12.5 Å². The lowest BCUT2D eigenvalue weighted by molar-refractivity contribution is 0.404. The minimum Gasteiger partial charge on any atom is -0.504 e. The summed E-state index contributed by atoms with van der Waals surface area (Å²) >= 11 is 0. The van der Waals surface area contributed by atoms with E-state index in [-0.39, 0.29) is 11.5 Å². The highest BCUT2D eigenvalue weighted by Gasteiger charge is 2.03. The third-order valence-electron chi connectivity index (χ3n) is 2.64. The zero-order valence-electron chi connectivity index (χ0n) is 9.14. The molecule has 82 valence electrons. The van der Waals surface area contributed by atoms with E-state index in [9.17, 15) is 10.2 Å². The predicted molar refractivity (Wildman–Crippen MR) is 64.6 cm³/mol. The molecule has 0 saturated heterocycles. The first-order valence-electron chi connectivity index (χ1n) is 5.32. The molecule has 0 bridgehead atoms. The summed E-state index contributed by atoms with van der Waals surface area (Å²) in [5.41, 5.74) is 3.21. The van der Waals surface area contributed by atoms with Gasteiger partial charge in [0.25, 0.3) is 0 Å². The summed E-state index contributed by atoms with van der Waals surface area (Å²) < 4.78 is 0. The number of aryl methyl sites for hydroxylation is 1. The van der Waals surface area contributed by atoms with Gasteiger partial charge in [0.1, 0.15) is 0 Å². The highest BCUT2D eigenvalue weighted by Crippen LogP contribution is 2.30. The normalized spacial score (nSPS) is 10.3. The second-order valence-electron chi connectivity index (χ2n) is 3.76. The maximum atomic E-state index is 9.44. The van der Waals surface area contributed by atoms with Gasteiger partial charge in [0.15, 0.2) is 11.5 Å². The summed E-state index contributed by atoms with van der Waals surface area (Å²) in [6.45, 7) is 2.10. The van der Waals surface area contributed by atoms with Gasteiger partial charge in [0.05, 0.1) is 0 Å². The molecule has 2 N–H and O–H groups in total. The summed E-state index contributed by atoms with van der Waals surface area (Å²) in [4.78, 5) is 0. The molecule has 0 heterocycles. The molecule has 0 spiro atoms. The minimum atomic E-state index is -0.0876. The van der Waals surface area contributed by atoms with Crippen LogP contribution in [0.25, 0.3) is 11.1 Å². The van der Waals surface area contributed by atoms with Crippen LogP contribution >= 0.6 is 0 Å². The molecule has 0 saturated carbocycles. The number of rotatable bonds is 2. The van der Waals surface area contributed by atoms with Gasteiger partial charge in [-0.05, 0) is 35.2 Å². The van der Waals surface area contributed by atoms with E-state index in [1.54, 1.807) is 12.1 Å². The molecule has 2 aromatic carbocycles. The van der Waals surface area contributed by atoms with E-state index in [0.29, 0.717) is 0 Å². The molecule has 0 aliphatic heterocycles. The highest BCUT2D eigenvalue weighted by molar-refractivity contribution is 5.67. The largest absolute Gasteiger partial charge is 0.504 e. The lowest BCUT2D eigenvalue weighted by Crippen LogP contribution is -1.82. The average molecular weight is 214 g/mol. The van der Waals surface area contributed by atoms with E-state index in [4.69, 9.17) is 0 Å².